The van der Waals surface area contributed by atoms with Crippen molar-refractivity contribution in [2.75, 3.05) is 19.6 Å². The highest BCUT2D eigenvalue weighted by Crippen LogP contribution is 2.30. The van der Waals surface area contributed by atoms with Crippen LogP contribution in [0, 0.1) is 5.92 Å². The second kappa shape index (κ2) is 6.39. The predicted molar refractivity (Wildman–Crippen MR) is 69.9 cm³/mol. The van der Waals surface area contributed by atoms with Gasteiger partial charge >= 0.3 is 0 Å². The van der Waals surface area contributed by atoms with Gasteiger partial charge in [0.2, 0.25) is 5.91 Å². The van der Waals surface area contributed by atoms with E-state index >= 15 is 0 Å². The molecule has 1 N–H and O–H groups in total. The molecule has 2 aliphatic rings. The summed E-state index contributed by atoms with van der Waals surface area (Å²) in [6.07, 6.45) is 9.09. The molecule has 2 fully saturated rings. The van der Waals surface area contributed by atoms with Crippen molar-refractivity contribution in [3.63, 3.8) is 0 Å². The molecule has 0 aromatic rings. The third-order valence-electron chi connectivity index (χ3n) is 4.22. The quantitative estimate of drug-likeness (QED) is 0.796. The summed E-state index contributed by atoms with van der Waals surface area (Å²) in [5, 5.41) is 3.39. The van der Waals surface area contributed by atoms with Crippen molar-refractivity contribution in [2.45, 2.75) is 57.9 Å². The van der Waals surface area contributed by atoms with E-state index in [1.807, 2.05) is 4.90 Å². The number of hydrogen-bond donors (Lipinski definition) is 1. The number of likely N-dealkylation sites (tertiary alicyclic amines) is 1. The summed E-state index contributed by atoms with van der Waals surface area (Å²) in [6, 6.07) is 0.494. The van der Waals surface area contributed by atoms with Crippen LogP contribution in [0.1, 0.15) is 51.9 Å². The molecule has 1 aliphatic carbocycles. The monoisotopic (exact) mass is 238 g/mol. The van der Waals surface area contributed by atoms with Gasteiger partial charge in [0, 0.05) is 19.1 Å². The normalized spacial score (nSPS) is 23.2. The molecule has 1 saturated carbocycles. The van der Waals surface area contributed by atoms with Crippen LogP contribution < -0.4 is 5.32 Å². The summed E-state index contributed by atoms with van der Waals surface area (Å²) in [5.41, 5.74) is 0. The van der Waals surface area contributed by atoms with Crippen LogP contribution in [0.5, 0.6) is 0 Å². The lowest BCUT2D eigenvalue weighted by Crippen LogP contribution is -2.43. The summed E-state index contributed by atoms with van der Waals surface area (Å²) >= 11 is 0. The lowest BCUT2D eigenvalue weighted by Gasteiger charge is -2.30. The molecule has 1 heterocycles. The van der Waals surface area contributed by atoms with E-state index in [9.17, 15) is 4.79 Å². The molecule has 0 radical (unpaired) electrons. The first kappa shape index (κ1) is 12.9. The van der Waals surface area contributed by atoms with E-state index in [-0.39, 0.29) is 0 Å². The largest absolute Gasteiger partial charge is 0.342 e. The number of amides is 1. The highest BCUT2D eigenvalue weighted by atomic mass is 16.2. The minimum Gasteiger partial charge on any atom is -0.342 e. The Morgan fingerprint density at radius 2 is 1.94 bits per heavy atom. The first-order chi connectivity index (χ1) is 8.25. The van der Waals surface area contributed by atoms with Gasteiger partial charge in [0.15, 0.2) is 0 Å². The van der Waals surface area contributed by atoms with Gasteiger partial charge in [-0.2, -0.15) is 0 Å². The Morgan fingerprint density at radius 3 is 2.53 bits per heavy atom. The molecule has 3 nitrogen and oxygen atoms in total. The van der Waals surface area contributed by atoms with Gasteiger partial charge in [-0.25, -0.2) is 0 Å². The lowest BCUT2D eigenvalue weighted by atomic mass is 9.81. The predicted octanol–water partition coefficient (Wildman–Crippen LogP) is 2.17. The molecule has 1 unspecified atom stereocenters. The third kappa shape index (κ3) is 3.98. The standard InChI is InChI=1S/C14H26N2O/c1-12(10-13-6-5-7-13)15-11-14(17)16-8-3-2-4-9-16/h12-13,15H,2-11H2,1H3. The fourth-order valence-corrected chi connectivity index (χ4v) is 2.83. The second-order valence-electron chi connectivity index (χ2n) is 5.76. The highest BCUT2D eigenvalue weighted by molar-refractivity contribution is 5.78. The molecular formula is C14H26N2O. The van der Waals surface area contributed by atoms with E-state index in [1.165, 1.54) is 44.9 Å². The fraction of sp³-hybridized carbons (Fsp3) is 0.929. The number of nitrogens with zero attached hydrogens (tertiary/aromatic N) is 1. The van der Waals surface area contributed by atoms with Gasteiger partial charge in [-0.05, 0) is 38.5 Å². The number of carbonyl (C=O) groups is 1. The number of nitrogens with one attached hydrogen (secondary N) is 1. The van der Waals surface area contributed by atoms with Gasteiger partial charge in [-0.3, -0.25) is 4.79 Å². The van der Waals surface area contributed by atoms with Crippen LogP contribution >= 0.6 is 0 Å². The lowest BCUT2D eigenvalue weighted by molar-refractivity contribution is -0.131. The number of piperidine rings is 1. The molecule has 1 amide bonds. The van der Waals surface area contributed by atoms with Crippen molar-refractivity contribution < 1.29 is 4.79 Å². The Labute approximate surface area is 105 Å². The second-order valence-corrected chi connectivity index (χ2v) is 5.76. The third-order valence-corrected chi connectivity index (χ3v) is 4.22. The van der Waals surface area contributed by atoms with E-state index in [0.29, 0.717) is 18.5 Å². The first-order valence-electron chi connectivity index (χ1n) is 7.27. The van der Waals surface area contributed by atoms with Gasteiger partial charge in [-0.15, -0.1) is 0 Å². The molecule has 1 atom stereocenters. The average molecular weight is 238 g/mol. The first-order valence-corrected chi connectivity index (χ1v) is 7.27. The smallest absolute Gasteiger partial charge is 0.236 e. The minimum absolute atomic E-state index is 0.296. The molecule has 17 heavy (non-hydrogen) atoms. The summed E-state index contributed by atoms with van der Waals surface area (Å²) in [6.45, 7) is 4.69. The fourth-order valence-electron chi connectivity index (χ4n) is 2.83. The molecule has 0 bridgehead atoms. The maximum absolute atomic E-state index is 11.9. The highest BCUT2D eigenvalue weighted by Gasteiger charge is 2.21. The Balaban J connectivity index is 1.60. The molecule has 0 aromatic heterocycles. The summed E-state index contributed by atoms with van der Waals surface area (Å²) in [4.78, 5) is 14.0. The van der Waals surface area contributed by atoms with Crippen molar-refractivity contribution >= 4 is 5.91 Å². The van der Waals surface area contributed by atoms with Crippen molar-refractivity contribution in [3.05, 3.63) is 0 Å². The number of hydrogen-bond acceptors (Lipinski definition) is 2. The van der Waals surface area contributed by atoms with Crippen molar-refractivity contribution in [1.29, 1.82) is 0 Å². The SMILES string of the molecule is CC(CC1CCC1)NCC(=O)N1CCCCC1. The number of rotatable bonds is 5. The average Bonchev–Trinajstić information content (AvgIpc) is 2.32. The Hall–Kier alpha value is -0.570. The summed E-state index contributed by atoms with van der Waals surface area (Å²) in [5.74, 6) is 1.22. The maximum atomic E-state index is 11.9. The van der Waals surface area contributed by atoms with Gasteiger partial charge in [0.05, 0.1) is 6.54 Å². The van der Waals surface area contributed by atoms with Gasteiger partial charge in [0.25, 0.3) is 0 Å². The molecular weight excluding hydrogens is 212 g/mol. The van der Waals surface area contributed by atoms with E-state index in [4.69, 9.17) is 0 Å². The van der Waals surface area contributed by atoms with Gasteiger partial charge in [0.1, 0.15) is 0 Å². The van der Waals surface area contributed by atoms with Crippen LogP contribution in [0.3, 0.4) is 0 Å². The Bertz CT molecular complexity index is 245. The van der Waals surface area contributed by atoms with Gasteiger partial charge < -0.3 is 10.2 Å². The molecule has 3 heteroatoms. The van der Waals surface area contributed by atoms with E-state index < -0.39 is 0 Å². The van der Waals surface area contributed by atoms with Crippen molar-refractivity contribution in [2.24, 2.45) is 5.92 Å². The van der Waals surface area contributed by atoms with Crippen LogP contribution in [-0.4, -0.2) is 36.5 Å². The molecule has 0 aromatic carbocycles. The topological polar surface area (TPSA) is 32.3 Å². The molecule has 0 spiro atoms. The van der Waals surface area contributed by atoms with Gasteiger partial charge in [-0.1, -0.05) is 19.3 Å². The molecule has 1 aliphatic heterocycles. The Morgan fingerprint density at radius 1 is 1.24 bits per heavy atom. The van der Waals surface area contributed by atoms with Crippen LogP contribution in [-0.2, 0) is 4.79 Å². The summed E-state index contributed by atoms with van der Waals surface area (Å²) < 4.78 is 0. The minimum atomic E-state index is 0.296. The van der Waals surface area contributed by atoms with E-state index in [2.05, 4.69) is 12.2 Å². The van der Waals surface area contributed by atoms with Crippen LogP contribution in [0.15, 0.2) is 0 Å². The van der Waals surface area contributed by atoms with Crippen molar-refractivity contribution in [3.8, 4) is 0 Å². The van der Waals surface area contributed by atoms with E-state index in [1.54, 1.807) is 0 Å². The van der Waals surface area contributed by atoms with Crippen LogP contribution in [0.25, 0.3) is 0 Å². The molecule has 2 rings (SSSR count). The zero-order valence-corrected chi connectivity index (χ0v) is 11.1. The van der Waals surface area contributed by atoms with Crippen LogP contribution in [0.4, 0.5) is 0 Å². The molecule has 1 saturated heterocycles. The Kier molecular flexibility index (Phi) is 4.84. The number of carbonyl (C=O) groups excluding carboxylic acids is 1. The molecule has 98 valence electrons. The van der Waals surface area contributed by atoms with E-state index in [0.717, 1.165) is 19.0 Å². The zero-order valence-electron chi connectivity index (χ0n) is 11.1. The maximum Gasteiger partial charge on any atom is 0.236 e. The zero-order chi connectivity index (χ0) is 12.1. The van der Waals surface area contributed by atoms with Crippen molar-refractivity contribution in [1.82, 2.24) is 10.2 Å². The summed E-state index contributed by atoms with van der Waals surface area (Å²) in [7, 11) is 0. The van der Waals surface area contributed by atoms with Crippen LogP contribution in [0.2, 0.25) is 0 Å².